The summed E-state index contributed by atoms with van der Waals surface area (Å²) in [7, 11) is 0. The standard InChI is InChI=1S/C14H12Cl2N2O2S/c1-7-17-5-12(21-7)18-6-8(4-11(18)20)13-10(19)3-2-9(15)14(13)16/h2-3,5,8,19H,4,6H2,1H3/t8-/m1/s1. The van der Waals surface area contributed by atoms with E-state index in [9.17, 15) is 9.90 Å². The number of aromatic hydroxyl groups is 1. The van der Waals surface area contributed by atoms with E-state index in [1.165, 1.54) is 17.4 Å². The van der Waals surface area contributed by atoms with Gasteiger partial charge >= 0.3 is 0 Å². The summed E-state index contributed by atoms with van der Waals surface area (Å²) < 4.78 is 0. The average Bonchev–Trinajstić information content (AvgIpc) is 3.01. The highest BCUT2D eigenvalue weighted by Crippen LogP contribution is 2.43. The largest absolute Gasteiger partial charge is 0.508 e. The number of hydrogen-bond donors (Lipinski definition) is 1. The van der Waals surface area contributed by atoms with Gasteiger partial charge in [-0.2, -0.15) is 0 Å². The van der Waals surface area contributed by atoms with Crippen LogP contribution in [0.1, 0.15) is 22.9 Å². The van der Waals surface area contributed by atoms with Gasteiger partial charge in [0.1, 0.15) is 10.8 Å². The fraction of sp³-hybridized carbons (Fsp3) is 0.286. The van der Waals surface area contributed by atoms with Crippen molar-refractivity contribution in [2.75, 3.05) is 11.4 Å². The molecule has 2 aromatic rings. The Kier molecular flexibility index (Phi) is 3.82. The molecule has 3 rings (SSSR count). The summed E-state index contributed by atoms with van der Waals surface area (Å²) in [5.74, 6) is -0.102. The molecule has 1 aliphatic rings. The van der Waals surface area contributed by atoms with Crippen LogP contribution in [-0.2, 0) is 4.79 Å². The maximum Gasteiger partial charge on any atom is 0.228 e. The highest BCUT2D eigenvalue weighted by atomic mass is 35.5. The van der Waals surface area contributed by atoms with Crippen LogP contribution >= 0.6 is 34.5 Å². The van der Waals surface area contributed by atoms with Gasteiger partial charge in [-0.25, -0.2) is 4.98 Å². The summed E-state index contributed by atoms with van der Waals surface area (Å²) in [5.41, 5.74) is 0.543. The van der Waals surface area contributed by atoms with Gasteiger partial charge in [0.05, 0.1) is 21.2 Å². The minimum atomic E-state index is -0.175. The van der Waals surface area contributed by atoms with Crippen molar-refractivity contribution in [2.45, 2.75) is 19.3 Å². The lowest BCUT2D eigenvalue weighted by atomic mass is 9.97. The second kappa shape index (κ2) is 5.48. The smallest absolute Gasteiger partial charge is 0.228 e. The second-order valence-corrected chi connectivity index (χ2v) is 6.92. The molecule has 1 amide bonds. The Labute approximate surface area is 135 Å². The highest BCUT2D eigenvalue weighted by molar-refractivity contribution is 7.15. The van der Waals surface area contributed by atoms with E-state index in [1.54, 1.807) is 17.2 Å². The molecule has 1 aromatic heterocycles. The van der Waals surface area contributed by atoms with E-state index in [-0.39, 0.29) is 17.6 Å². The number of benzene rings is 1. The number of amides is 1. The average molecular weight is 343 g/mol. The highest BCUT2D eigenvalue weighted by Gasteiger charge is 2.35. The maximum absolute atomic E-state index is 12.2. The van der Waals surface area contributed by atoms with Gasteiger partial charge in [0.25, 0.3) is 0 Å². The van der Waals surface area contributed by atoms with Crippen LogP contribution in [0.3, 0.4) is 0 Å². The number of phenols is 1. The topological polar surface area (TPSA) is 53.4 Å². The van der Waals surface area contributed by atoms with Gasteiger partial charge in [-0.05, 0) is 19.1 Å². The number of nitrogens with zero attached hydrogens (tertiary/aromatic N) is 2. The quantitative estimate of drug-likeness (QED) is 0.897. The molecule has 0 radical (unpaired) electrons. The predicted octanol–water partition coefficient (Wildman–Crippen LogP) is 3.98. The Balaban J connectivity index is 1.93. The number of carbonyl (C=O) groups is 1. The van der Waals surface area contributed by atoms with E-state index >= 15 is 0 Å². The molecule has 110 valence electrons. The van der Waals surface area contributed by atoms with Gasteiger partial charge in [0, 0.05) is 24.4 Å². The van der Waals surface area contributed by atoms with Crippen molar-refractivity contribution in [1.82, 2.24) is 4.98 Å². The number of aromatic nitrogens is 1. The lowest BCUT2D eigenvalue weighted by Crippen LogP contribution is -2.23. The van der Waals surface area contributed by atoms with E-state index in [0.717, 1.165) is 10.0 Å². The summed E-state index contributed by atoms with van der Waals surface area (Å²) in [6.07, 6.45) is 1.99. The van der Waals surface area contributed by atoms with Gasteiger partial charge in [-0.3, -0.25) is 4.79 Å². The maximum atomic E-state index is 12.2. The van der Waals surface area contributed by atoms with Crippen LogP contribution in [0, 0.1) is 6.92 Å². The number of anilines is 1. The molecule has 0 unspecified atom stereocenters. The minimum absolute atomic E-state index is 0.000841. The van der Waals surface area contributed by atoms with Gasteiger partial charge in [0.15, 0.2) is 0 Å². The summed E-state index contributed by atoms with van der Waals surface area (Å²) in [4.78, 5) is 18.1. The van der Waals surface area contributed by atoms with E-state index in [1.807, 2.05) is 6.92 Å². The van der Waals surface area contributed by atoms with Crippen molar-refractivity contribution in [1.29, 1.82) is 0 Å². The van der Waals surface area contributed by atoms with Crippen LogP contribution in [0.5, 0.6) is 5.75 Å². The third-order valence-corrected chi connectivity index (χ3v) is 5.27. The molecule has 0 bridgehead atoms. The molecule has 7 heteroatoms. The molecule has 1 fully saturated rings. The van der Waals surface area contributed by atoms with E-state index in [0.29, 0.717) is 28.6 Å². The minimum Gasteiger partial charge on any atom is -0.508 e. The molecule has 0 spiro atoms. The van der Waals surface area contributed by atoms with Crippen molar-refractivity contribution in [3.8, 4) is 5.75 Å². The molecule has 4 nitrogen and oxygen atoms in total. The Morgan fingerprint density at radius 2 is 2.19 bits per heavy atom. The molecular weight excluding hydrogens is 331 g/mol. The number of halogens is 2. The van der Waals surface area contributed by atoms with Gasteiger partial charge in [-0.15, -0.1) is 11.3 Å². The Morgan fingerprint density at radius 1 is 1.43 bits per heavy atom. The summed E-state index contributed by atoms with van der Waals surface area (Å²) in [5, 5.41) is 12.5. The first-order valence-electron chi connectivity index (χ1n) is 6.37. The fourth-order valence-electron chi connectivity index (χ4n) is 2.53. The molecule has 1 aromatic carbocycles. The van der Waals surface area contributed by atoms with Crippen LogP contribution in [-0.4, -0.2) is 22.5 Å². The number of rotatable bonds is 2. The van der Waals surface area contributed by atoms with Crippen LogP contribution < -0.4 is 4.90 Å². The first kappa shape index (κ1) is 14.6. The summed E-state index contributed by atoms with van der Waals surface area (Å²) in [6.45, 7) is 2.36. The van der Waals surface area contributed by atoms with Crippen LogP contribution in [0.2, 0.25) is 10.0 Å². The zero-order valence-corrected chi connectivity index (χ0v) is 13.5. The second-order valence-electron chi connectivity index (χ2n) is 4.92. The number of phenolic OH excluding ortho intramolecular Hbond substituents is 1. The molecular formula is C14H12Cl2N2O2S. The van der Waals surface area contributed by atoms with Crippen molar-refractivity contribution in [3.63, 3.8) is 0 Å². The third kappa shape index (κ3) is 2.61. The lowest BCUT2D eigenvalue weighted by Gasteiger charge is -2.16. The SMILES string of the molecule is Cc1ncc(N2C[C@H](c3c(O)ccc(Cl)c3Cl)CC2=O)s1. The first-order chi connectivity index (χ1) is 9.97. The van der Waals surface area contributed by atoms with E-state index in [4.69, 9.17) is 23.2 Å². The van der Waals surface area contributed by atoms with Crippen LogP contribution in [0.4, 0.5) is 5.00 Å². The van der Waals surface area contributed by atoms with Gasteiger partial charge < -0.3 is 10.0 Å². The van der Waals surface area contributed by atoms with Crippen molar-refractivity contribution < 1.29 is 9.90 Å². The van der Waals surface area contributed by atoms with Crippen molar-refractivity contribution in [3.05, 3.63) is 38.9 Å². The number of carbonyl (C=O) groups excluding carboxylic acids is 1. The Bertz CT molecular complexity index is 717. The lowest BCUT2D eigenvalue weighted by molar-refractivity contribution is -0.117. The number of thiazole rings is 1. The molecule has 0 saturated carbocycles. The monoisotopic (exact) mass is 342 g/mol. The Hall–Kier alpha value is -1.30. The van der Waals surface area contributed by atoms with Gasteiger partial charge in [0.2, 0.25) is 5.91 Å². The molecule has 2 heterocycles. The molecule has 0 aliphatic carbocycles. The molecule has 1 N–H and O–H groups in total. The number of hydrogen-bond acceptors (Lipinski definition) is 4. The third-order valence-electron chi connectivity index (χ3n) is 3.52. The van der Waals surface area contributed by atoms with Crippen LogP contribution in [0.15, 0.2) is 18.3 Å². The molecule has 21 heavy (non-hydrogen) atoms. The van der Waals surface area contributed by atoms with E-state index in [2.05, 4.69) is 4.98 Å². The molecule has 1 aliphatic heterocycles. The summed E-state index contributed by atoms with van der Waals surface area (Å²) in [6, 6.07) is 3.05. The zero-order chi connectivity index (χ0) is 15.1. The van der Waals surface area contributed by atoms with Crippen molar-refractivity contribution >= 4 is 45.4 Å². The first-order valence-corrected chi connectivity index (χ1v) is 7.94. The Morgan fingerprint density at radius 3 is 2.86 bits per heavy atom. The van der Waals surface area contributed by atoms with E-state index < -0.39 is 0 Å². The van der Waals surface area contributed by atoms with Gasteiger partial charge in [-0.1, -0.05) is 23.2 Å². The predicted molar refractivity (Wildman–Crippen MR) is 84.7 cm³/mol. The summed E-state index contributed by atoms with van der Waals surface area (Å²) >= 11 is 13.7. The fourth-order valence-corrected chi connectivity index (χ4v) is 3.81. The number of aryl methyl sites for hydroxylation is 1. The zero-order valence-electron chi connectivity index (χ0n) is 11.1. The normalized spacial score (nSPS) is 18.5. The molecule has 1 saturated heterocycles. The van der Waals surface area contributed by atoms with Crippen molar-refractivity contribution in [2.24, 2.45) is 0 Å². The van der Waals surface area contributed by atoms with Crippen LogP contribution in [0.25, 0.3) is 0 Å². The molecule has 1 atom stereocenters.